The summed E-state index contributed by atoms with van der Waals surface area (Å²) < 4.78 is 11.2. The van der Waals surface area contributed by atoms with Crippen LogP contribution in [-0.4, -0.2) is 18.1 Å². The molecule has 0 spiro atoms. The van der Waals surface area contributed by atoms with Crippen molar-refractivity contribution in [3.63, 3.8) is 0 Å². The summed E-state index contributed by atoms with van der Waals surface area (Å²) in [5.41, 5.74) is 1.54. The molecule has 1 N–H and O–H groups in total. The quantitative estimate of drug-likeness (QED) is 0.123. The Morgan fingerprint density at radius 1 is 0.750 bits per heavy atom. The smallest absolute Gasteiger partial charge is 0.408 e. The predicted molar refractivity (Wildman–Crippen MR) is 145 cm³/mol. The Bertz CT molecular complexity index is 1150. The van der Waals surface area contributed by atoms with Gasteiger partial charge in [-0.1, -0.05) is 133 Å². The van der Waals surface area contributed by atoms with E-state index < -0.39 is 24.2 Å². The second-order valence-electron chi connectivity index (χ2n) is 8.25. The first-order chi connectivity index (χ1) is 17.1. The van der Waals surface area contributed by atoms with Gasteiger partial charge in [0.2, 0.25) is 0 Å². The molecule has 0 aliphatic carbocycles. The summed E-state index contributed by atoms with van der Waals surface area (Å²) in [7, 11) is 0. The lowest BCUT2D eigenvalue weighted by molar-refractivity contribution is -0.137. The van der Waals surface area contributed by atoms with Crippen molar-refractivity contribution in [1.82, 2.24) is 5.32 Å². The van der Waals surface area contributed by atoms with Crippen LogP contribution in [0.2, 0.25) is 25.1 Å². The Morgan fingerprint density at radius 2 is 1.19 bits per heavy atom. The van der Waals surface area contributed by atoms with Crippen molar-refractivity contribution in [2.45, 2.75) is 32.4 Å². The van der Waals surface area contributed by atoms with Gasteiger partial charge in [-0.25, -0.2) is 9.59 Å². The molecule has 3 rings (SSSR count). The molecule has 0 bridgehead atoms. The molecule has 0 saturated carbocycles. The fourth-order valence-electron chi connectivity index (χ4n) is 3.40. The molecule has 1 amide bonds. The van der Waals surface area contributed by atoms with Crippen LogP contribution in [0.5, 0.6) is 5.75 Å². The molecule has 0 aliphatic rings. The number of carbonyl (C=O) groups excluding carboxylic acids is 2. The van der Waals surface area contributed by atoms with E-state index in [9.17, 15) is 9.59 Å². The monoisotopic (exact) mass is 587 g/mol. The van der Waals surface area contributed by atoms with Gasteiger partial charge in [-0.05, 0) is 23.5 Å². The molecule has 3 aromatic carbocycles. The highest BCUT2D eigenvalue weighted by molar-refractivity contribution is 6.55. The van der Waals surface area contributed by atoms with Gasteiger partial charge in [-0.15, -0.1) is 0 Å². The van der Waals surface area contributed by atoms with Crippen LogP contribution in [0.15, 0.2) is 60.7 Å². The summed E-state index contributed by atoms with van der Waals surface area (Å²) in [4.78, 5) is 26.1. The molecule has 0 saturated heterocycles. The van der Waals surface area contributed by atoms with Crippen molar-refractivity contribution in [2.75, 3.05) is 0 Å². The summed E-state index contributed by atoms with van der Waals surface area (Å²) in [5.74, 6) is -1.06. The van der Waals surface area contributed by atoms with E-state index in [2.05, 4.69) is 5.32 Å². The van der Waals surface area contributed by atoms with E-state index in [1.165, 1.54) is 0 Å². The number of amides is 1. The molecular weight excluding hydrogens is 568 g/mol. The number of esters is 1. The minimum atomic E-state index is -1.08. The number of hydrogen-bond donors (Lipinski definition) is 1. The first-order valence-corrected chi connectivity index (χ1v) is 12.8. The first-order valence-electron chi connectivity index (χ1n) is 10.9. The van der Waals surface area contributed by atoms with Crippen LogP contribution in [0.4, 0.5) is 4.79 Å². The number of halogens is 5. The van der Waals surface area contributed by atoms with Gasteiger partial charge >= 0.3 is 12.1 Å². The molecule has 1 atom stereocenters. The van der Waals surface area contributed by atoms with Crippen LogP contribution in [0.1, 0.15) is 37.5 Å². The van der Waals surface area contributed by atoms with Crippen molar-refractivity contribution < 1.29 is 19.1 Å². The zero-order valence-electron chi connectivity index (χ0n) is 19.2. The lowest BCUT2D eigenvalue weighted by atomic mass is 10.0. The third-order valence-corrected chi connectivity index (χ3v) is 7.33. The molecule has 0 aliphatic heterocycles. The number of carbonyl (C=O) groups is 2. The number of benzene rings is 3. The van der Waals surface area contributed by atoms with Gasteiger partial charge in [-0.2, -0.15) is 0 Å². The molecule has 190 valence electrons. The molecule has 10 heteroatoms. The molecule has 0 heterocycles. The molecular formula is C26H22Cl5NO4. The van der Waals surface area contributed by atoms with Gasteiger partial charge in [0.05, 0.1) is 15.1 Å². The maximum atomic E-state index is 13.1. The number of nitrogens with one attached hydrogen (secondary N) is 1. The Morgan fingerprint density at radius 3 is 1.64 bits per heavy atom. The second-order valence-corrected chi connectivity index (χ2v) is 10.1. The van der Waals surface area contributed by atoms with Gasteiger partial charge in [0, 0.05) is 0 Å². The van der Waals surface area contributed by atoms with E-state index in [0.29, 0.717) is 0 Å². The summed E-state index contributed by atoms with van der Waals surface area (Å²) in [5, 5.41) is 1.95. The number of alkyl carbamates (subject to hydrolysis) is 1. The average molecular weight is 590 g/mol. The van der Waals surface area contributed by atoms with E-state index in [1.54, 1.807) is 0 Å². The van der Waals surface area contributed by atoms with Crippen molar-refractivity contribution in [2.24, 2.45) is 5.92 Å². The van der Waals surface area contributed by atoms with Crippen LogP contribution in [0.25, 0.3) is 0 Å². The van der Waals surface area contributed by atoms with Crippen LogP contribution < -0.4 is 10.1 Å². The topological polar surface area (TPSA) is 64.6 Å². The summed E-state index contributed by atoms with van der Waals surface area (Å²) in [6.45, 7) is 3.78. The van der Waals surface area contributed by atoms with Crippen molar-refractivity contribution in [3.05, 3.63) is 96.9 Å². The molecule has 0 aromatic heterocycles. The summed E-state index contributed by atoms with van der Waals surface area (Å²) >= 11 is 30.5. The van der Waals surface area contributed by atoms with Crippen LogP contribution in [-0.2, 0) is 9.53 Å². The van der Waals surface area contributed by atoms with E-state index in [4.69, 9.17) is 67.5 Å². The third kappa shape index (κ3) is 6.99. The Balaban J connectivity index is 1.83. The fourth-order valence-corrected chi connectivity index (χ4v) is 4.60. The summed E-state index contributed by atoms with van der Waals surface area (Å²) in [6, 6.07) is 17.4. The zero-order valence-corrected chi connectivity index (χ0v) is 23.0. The summed E-state index contributed by atoms with van der Waals surface area (Å²) in [6.07, 6.45) is -1.25. The van der Waals surface area contributed by atoms with Gasteiger partial charge in [0.25, 0.3) is 0 Å². The van der Waals surface area contributed by atoms with Crippen LogP contribution in [0.3, 0.4) is 0 Å². The van der Waals surface area contributed by atoms with Crippen LogP contribution >= 0.6 is 58.0 Å². The minimum absolute atomic E-state index is 0.0187. The van der Waals surface area contributed by atoms with Crippen LogP contribution in [0, 0.1) is 5.92 Å². The van der Waals surface area contributed by atoms with Gasteiger partial charge in [0.1, 0.15) is 16.1 Å². The highest BCUT2D eigenvalue weighted by Crippen LogP contribution is 2.48. The number of ether oxygens (including phenoxy) is 2. The fraction of sp³-hybridized carbons (Fsp3) is 0.231. The maximum absolute atomic E-state index is 13.1. The third-order valence-electron chi connectivity index (χ3n) is 5.09. The maximum Gasteiger partial charge on any atom is 0.408 e. The second kappa shape index (κ2) is 12.9. The molecule has 3 aromatic rings. The van der Waals surface area contributed by atoms with Crippen molar-refractivity contribution >= 4 is 70.1 Å². The minimum Gasteiger partial charge on any atom is -0.436 e. The van der Waals surface area contributed by atoms with Gasteiger partial charge < -0.3 is 14.8 Å². The largest absolute Gasteiger partial charge is 0.436 e. The van der Waals surface area contributed by atoms with E-state index in [-0.39, 0.29) is 43.2 Å². The van der Waals surface area contributed by atoms with E-state index in [1.807, 2.05) is 74.5 Å². The Kier molecular flexibility index (Phi) is 10.2. The number of hydrogen-bond acceptors (Lipinski definition) is 4. The average Bonchev–Trinajstić information content (AvgIpc) is 2.87. The lowest BCUT2D eigenvalue weighted by Crippen LogP contribution is -2.44. The zero-order chi connectivity index (χ0) is 26.4. The standard InChI is InChI=1S/C26H22Cl5NO4/c1-14(2)13-17(25(33)35-24-21(30)19(28)18(27)20(29)22(24)31)32-26(34)36-23(15-9-5-3-6-10-15)16-11-7-4-8-12-16/h3-12,14,17,23H,13H2,1-2H3,(H,32,34)/t17-/m0/s1. The van der Waals surface area contributed by atoms with Crippen molar-refractivity contribution in [3.8, 4) is 5.75 Å². The molecule has 5 nitrogen and oxygen atoms in total. The van der Waals surface area contributed by atoms with E-state index >= 15 is 0 Å². The normalized spacial score (nSPS) is 11.9. The molecule has 0 fully saturated rings. The highest BCUT2D eigenvalue weighted by atomic mass is 35.5. The SMILES string of the molecule is CC(C)C[C@H](NC(=O)OC(c1ccccc1)c1ccccc1)C(=O)Oc1c(Cl)c(Cl)c(Cl)c(Cl)c1Cl. The molecule has 0 radical (unpaired) electrons. The molecule has 36 heavy (non-hydrogen) atoms. The Hall–Kier alpha value is -2.15. The highest BCUT2D eigenvalue weighted by Gasteiger charge is 2.30. The van der Waals surface area contributed by atoms with Gasteiger partial charge in [-0.3, -0.25) is 0 Å². The lowest BCUT2D eigenvalue weighted by Gasteiger charge is -2.23. The predicted octanol–water partition coefficient (Wildman–Crippen LogP) is 8.79. The molecule has 0 unspecified atom stereocenters. The Labute approximate surface area is 234 Å². The number of rotatable bonds is 8. The van der Waals surface area contributed by atoms with Gasteiger partial charge in [0.15, 0.2) is 11.9 Å². The van der Waals surface area contributed by atoms with Crippen molar-refractivity contribution in [1.29, 1.82) is 0 Å². The first kappa shape index (κ1) is 28.4. The van der Waals surface area contributed by atoms with E-state index in [0.717, 1.165) is 11.1 Å².